The molecule has 0 spiro atoms. The molecule has 0 radical (unpaired) electrons. The average molecular weight is 502 g/mol. The normalized spacial score (nSPS) is 20.1. The van der Waals surface area contributed by atoms with Crippen LogP contribution in [0.4, 0.5) is 5.69 Å². The van der Waals surface area contributed by atoms with E-state index in [1.54, 1.807) is 0 Å². The van der Waals surface area contributed by atoms with Crippen molar-refractivity contribution < 1.29 is 9.32 Å². The molecule has 2 aromatic carbocycles. The van der Waals surface area contributed by atoms with Crippen molar-refractivity contribution in [1.29, 1.82) is 0 Å². The summed E-state index contributed by atoms with van der Waals surface area (Å²) in [6.07, 6.45) is 4.26. The van der Waals surface area contributed by atoms with E-state index in [2.05, 4.69) is 70.3 Å². The smallest absolute Gasteiger partial charge is 0.241 e. The Bertz CT molecular complexity index is 1170. The first-order valence-corrected chi connectivity index (χ1v) is 13.7. The molecule has 2 fully saturated rings. The van der Waals surface area contributed by atoms with E-state index < -0.39 is 0 Å². The molecule has 2 unspecified atom stereocenters. The Morgan fingerprint density at radius 2 is 1.78 bits per heavy atom. The van der Waals surface area contributed by atoms with Crippen LogP contribution in [-0.2, 0) is 11.3 Å². The number of carbonyl (C=O) groups excluding carboxylic acids is 1. The predicted octanol–water partition coefficient (Wildman–Crippen LogP) is 5.37. The number of hydrogen-bond donors (Lipinski definition) is 1. The number of anilines is 1. The Labute approximate surface area is 220 Å². The van der Waals surface area contributed by atoms with E-state index in [1.807, 2.05) is 24.3 Å². The second-order valence-corrected chi connectivity index (χ2v) is 10.9. The van der Waals surface area contributed by atoms with Gasteiger partial charge in [0.05, 0.1) is 12.6 Å². The van der Waals surface area contributed by atoms with Crippen molar-refractivity contribution in [2.24, 2.45) is 11.8 Å². The largest absolute Gasteiger partial charge is 0.371 e. The lowest BCUT2D eigenvalue weighted by atomic mass is 9.95. The third-order valence-electron chi connectivity index (χ3n) is 7.87. The number of likely N-dealkylation sites (tertiary alicyclic amines) is 1. The molecule has 1 aromatic heterocycles. The van der Waals surface area contributed by atoms with E-state index in [-0.39, 0.29) is 17.9 Å². The summed E-state index contributed by atoms with van der Waals surface area (Å²) in [6, 6.07) is 16.9. The van der Waals surface area contributed by atoms with Gasteiger partial charge in [-0.1, -0.05) is 54.0 Å². The maximum Gasteiger partial charge on any atom is 0.241 e. The van der Waals surface area contributed by atoms with Crippen molar-refractivity contribution in [3.05, 3.63) is 65.5 Å². The number of nitrogens with zero attached hydrogens (tertiary/aromatic N) is 4. The van der Waals surface area contributed by atoms with Gasteiger partial charge in [0.1, 0.15) is 0 Å². The van der Waals surface area contributed by atoms with Gasteiger partial charge in [0.15, 0.2) is 0 Å². The molecule has 3 aromatic rings. The topological polar surface area (TPSA) is 74.5 Å². The minimum absolute atomic E-state index is 0.00144. The predicted molar refractivity (Wildman–Crippen MR) is 146 cm³/mol. The first-order chi connectivity index (χ1) is 17.9. The summed E-state index contributed by atoms with van der Waals surface area (Å²) < 4.78 is 5.50. The molecule has 2 atom stereocenters. The molecule has 1 N–H and O–H groups in total. The lowest BCUT2D eigenvalue weighted by Crippen LogP contribution is -2.41. The minimum atomic E-state index is -0.00144. The van der Waals surface area contributed by atoms with E-state index in [4.69, 9.17) is 4.52 Å². The van der Waals surface area contributed by atoms with Crippen molar-refractivity contribution in [3.8, 4) is 11.4 Å². The highest BCUT2D eigenvalue weighted by Gasteiger charge is 2.27. The van der Waals surface area contributed by atoms with Gasteiger partial charge in [-0.3, -0.25) is 9.69 Å². The van der Waals surface area contributed by atoms with E-state index in [9.17, 15) is 4.79 Å². The molecule has 3 heterocycles. The fraction of sp³-hybridized carbons (Fsp3) is 0.500. The number of amides is 1. The number of piperidine rings is 2. The van der Waals surface area contributed by atoms with Crippen LogP contribution in [0.25, 0.3) is 11.4 Å². The molecule has 7 nitrogen and oxygen atoms in total. The number of benzene rings is 2. The highest BCUT2D eigenvalue weighted by atomic mass is 16.5. The van der Waals surface area contributed by atoms with Crippen molar-refractivity contribution in [1.82, 2.24) is 20.4 Å². The van der Waals surface area contributed by atoms with Crippen LogP contribution in [0.5, 0.6) is 0 Å². The van der Waals surface area contributed by atoms with Crippen LogP contribution >= 0.6 is 0 Å². The Hall–Kier alpha value is -3.19. The fourth-order valence-electron chi connectivity index (χ4n) is 5.50. The lowest BCUT2D eigenvalue weighted by Gasteiger charge is -2.33. The molecular weight excluding hydrogens is 462 g/mol. The Morgan fingerprint density at radius 3 is 2.49 bits per heavy atom. The van der Waals surface area contributed by atoms with E-state index in [0.29, 0.717) is 18.3 Å². The second kappa shape index (κ2) is 11.5. The molecule has 0 aliphatic carbocycles. The first kappa shape index (κ1) is 25.5. The summed E-state index contributed by atoms with van der Waals surface area (Å²) >= 11 is 0. The number of hydrogen-bond acceptors (Lipinski definition) is 6. The monoisotopic (exact) mass is 501 g/mol. The van der Waals surface area contributed by atoms with E-state index in [1.165, 1.54) is 24.1 Å². The quantitative estimate of drug-likeness (QED) is 0.469. The zero-order valence-electron chi connectivity index (χ0n) is 22.3. The molecule has 1 amide bonds. The molecule has 2 aliphatic heterocycles. The van der Waals surface area contributed by atoms with Crippen LogP contribution in [0.3, 0.4) is 0 Å². The van der Waals surface area contributed by atoms with Gasteiger partial charge in [-0.2, -0.15) is 4.98 Å². The third-order valence-corrected chi connectivity index (χ3v) is 7.87. The highest BCUT2D eigenvalue weighted by molar-refractivity contribution is 5.79. The van der Waals surface area contributed by atoms with Crippen LogP contribution < -0.4 is 10.2 Å². The minimum Gasteiger partial charge on any atom is -0.371 e. The Kier molecular flexibility index (Phi) is 7.89. The van der Waals surface area contributed by atoms with Gasteiger partial charge in [0.25, 0.3) is 0 Å². The summed E-state index contributed by atoms with van der Waals surface area (Å²) in [4.78, 5) is 22.3. The van der Waals surface area contributed by atoms with Crippen LogP contribution in [0.2, 0.25) is 0 Å². The summed E-state index contributed by atoms with van der Waals surface area (Å²) in [5.41, 5.74) is 4.60. The van der Waals surface area contributed by atoms with Crippen LogP contribution in [0.15, 0.2) is 53.1 Å². The van der Waals surface area contributed by atoms with E-state index >= 15 is 0 Å². The van der Waals surface area contributed by atoms with Crippen LogP contribution in [0.1, 0.15) is 62.6 Å². The standard InChI is InChI=1S/C30H39N5O2/c1-21-6-8-25(9-7-21)29-32-28(37-33-29)20-34-17-14-26(15-18-34)30(36)31-23(3)24-10-12-27(13-11-24)35-16-4-5-22(2)19-35/h6-13,22-23,26H,4-5,14-20H2,1-3H3,(H,31,36). The van der Waals surface area contributed by atoms with Gasteiger partial charge in [-0.25, -0.2) is 0 Å². The summed E-state index contributed by atoms with van der Waals surface area (Å²) in [5, 5.41) is 7.39. The highest BCUT2D eigenvalue weighted by Crippen LogP contribution is 2.26. The van der Waals surface area contributed by atoms with Crippen molar-refractivity contribution in [2.75, 3.05) is 31.1 Å². The maximum absolute atomic E-state index is 13.0. The number of rotatable bonds is 7. The van der Waals surface area contributed by atoms with Crippen LogP contribution in [0, 0.1) is 18.8 Å². The number of carbonyl (C=O) groups is 1. The van der Waals surface area contributed by atoms with Gasteiger partial charge in [-0.05, 0) is 76.2 Å². The molecule has 7 heteroatoms. The Morgan fingerprint density at radius 1 is 1.05 bits per heavy atom. The van der Waals surface area contributed by atoms with Gasteiger partial charge in [0, 0.05) is 30.3 Å². The number of aromatic nitrogens is 2. The zero-order valence-corrected chi connectivity index (χ0v) is 22.3. The second-order valence-electron chi connectivity index (χ2n) is 10.9. The van der Waals surface area contributed by atoms with Crippen molar-refractivity contribution in [3.63, 3.8) is 0 Å². The molecule has 0 saturated carbocycles. The van der Waals surface area contributed by atoms with Gasteiger partial charge in [-0.15, -0.1) is 0 Å². The Balaban J connectivity index is 1.08. The summed E-state index contributed by atoms with van der Waals surface area (Å²) in [6.45, 7) is 11.0. The first-order valence-electron chi connectivity index (χ1n) is 13.7. The lowest BCUT2D eigenvalue weighted by molar-refractivity contribution is -0.127. The SMILES string of the molecule is Cc1ccc(-c2noc(CN3CCC(C(=O)NC(C)c4ccc(N5CCCC(C)C5)cc4)CC3)n2)cc1. The fourth-order valence-corrected chi connectivity index (χ4v) is 5.50. The van der Waals surface area contributed by atoms with Crippen LogP contribution in [-0.4, -0.2) is 47.1 Å². The molecule has 5 rings (SSSR count). The maximum atomic E-state index is 13.0. The van der Waals surface area contributed by atoms with Gasteiger partial charge in [0.2, 0.25) is 17.6 Å². The molecule has 0 bridgehead atoms. The van der Waals surface area contributed by atoms with Crippen molar-refractivity contribution in [2.45, 2.75) is 59.0 Å². The molecule has 37 heavy (non-hydrogen) atoms. The zero-order chi connectivity index (χ0) is 25.8. The van der Waals surface area contributed by atoms with E-state index in [0.717, 1.165) is 56.1 Å². The summed E-state index contributed by atoms with van der Waals surface area (Å²) in [7, 11) is 0. The summed E-state index contributed by atoms with van der Waals surface area (Å²) in [5.74, 6) is 2.19. The van der Waals surface area contributed by atoms with Gasteiger partial charge < -0.3 is 14.7 Å². The third kappa shape index (κ3) is 6.39. The molecule has 196 valence electrons. The average Bonchev–Trinajstić information content (AvgIpc) is 3.38. The molecular formula is C30H39N5O2. The number of nitrogens with one attached hydrogen (secondary N) is 1. The van der Waals surface area contributed by atoms with Crippen molar-refractivity contribution >= 4 is 11.6 Å². The molecule has 2 aliphatic rings. The number of aryl methyl sites for hydroxylation is 1. The van der Waals surface area contributed by atoms with Gasteiger partial charge >= 0.3 is 0 Å². The molecule has 2 saturated heterocycles.